The monoisotopic (exact) mass is 380 g/mol. The van der Waals surface area contributed by atoms with Crippen LogP contribution in [0.3, 0.4) is 0 Å². The minimum absolute atomic E-state index is 0.0150. The molecule has 1 aliphatic rings. The van der Waals surface area contributed by atoms with Crippen LogP contribution >= 0.6 is 0 Å². The smallest absolute Gasteiger partial charge is 0.254 e. The molecule has 0 fully saturated rings. The van der Waals surface area contributed by atoms with E-state index in [1.165, 1.54) is 6.33 Å². The molecule has 0 spiro atoms. The second-order valence-electron chi connectivity index (χ2n) is 6.46. The largest absolute Gasteiger partial charge is 0.306 e. The third-order valence-corrected chi connectivity index (χ3v) is 4.64. The number of aromatic nitrogens is 4. The average molecular weight is 380 g/mol. The third-order valence-electron chi connectivity index (χ3n) is 4.64. The quantitative estimate of drug-likeness (QED) is 0.746. The molecule has 0 saturated carbocycles. The summed E-state index contributed by atoms with van der Waals surface area (Å²) in [5.41, 5.74) is 1.29. The average Bonchev–Trinajstić information content (AvgIpc) is 2.71. The van der Waals surface area contributed by atoms with Crippen molar-refractivity contribution in [3.8, 4) is 17.5 Å². The van der Waals surface area contributed by atoms with Gasteiger partial charge in [-0.05, 0) is 18.6 Å². The van der Waals surface area contributed by atoms with Gasteiger partial charge in [0, 0.05) is 43.2 Å². The Morgan fingerprint density at radius 1 is 1.21 bits per heavy atom. The normalized spacial score (nSPS) is 13.8. The Labute approximate surface area is 158 Å². The van der Waals surface area contributed by atoms with Gasteiger partial charge in [0.25, 0.3) is 5.56 Å². The van der Waals surface area contributed by atoms with Gasteiger partial charge in [0.1, 0.15) is 23.8 Å². The van der Waals surface area contributed by atoms with Gasteiger partial charge in [0.2, 0.25) is 0 Å². The first-order valence-electron chi connectivity index (χ1n) is 8.53. The van der Waals surface area contributed by atoms with Crippen LogP contribution in [0.1, 0.15) is 22.4 Å². The number of H-pyrrole nitrogens is 1. The maximum absolute atomic E-state index is 14.2. The lowest BCUT2D eigenvalue weighted by atomic mass is 10.0. The van der Waals surface area contributed by atoms with Gasteiger partial charge < -0.3 is 4.98 Å². The van der Waals surface area contributed by atoms with Crippen LogP contribution < -0.4 is 5.56 Å². The molecule has 0 unspecified atom stereocenters. The molecule has 28 heavy (non-hydrogen) atoms. The fourth-order valence-electron chi connectivity index (χ4n) is 3.23. The molecule has 0 aliphatic carbocycles. The van der Waals surface area contributed by atoms with Crippen molar-refractivity contribution in [1.82, 2.24) is 24.8 Å². The number of benzene rings is 1. The molecule has 3 aromatic rings. The Balaban J connectivity index is 1.63. The Hall–Kier alpha value is -3.51. The van der Waals surface area contributed by atoms with Crippen LogP contribution in [-0.4, -0.2) is 31.4 Å². The molecule has 140 valence electrons. The fraction of sp³-hybridized carbons (Fsp3) is 0.211. The predicted octanol–water partition coefficient (Wildman–Crippen LogP) is 1.94. The minimum atomic E-state index is -0.761. The van der Waals surface area contributed by atoms with E-state index in [1.807, 2.05) is 4.90 Å². The molecule has 0 saturated heterocycles. The second-order valence-corrected chi connectivity index (χ2v) is 6.46. The van der Waals surface area contributed by atoms with Crippen molar-refractivity contribution < 1.29 is 8.78 Å². The zero-order valence-corrected chi connectivity index (χ0v) is 14.6. The number of hydrogen-bond acceptors (Lipinski definition) is 6. The summed E-state index contributed by atoms with van der Waals surface area (Å²) in [4.78, 5) is 29.3. The van der Waals surface area contributed by atoms with Gasteiger partial charge in [0.05, 0.1) is 22.9 Å². The lowest BCUT2D eigenvalue weighted by Gasteiger charge is -2.28. The first-order valence-corrected chi connectivity index (χ1v) is 8.53. The zero-order valence-electron chi connectivity index (χ0n) is 14.6. The maximum atomic E-state index is 14.2. The topological polar surface area (TPSA) is 98.6 Å². The molecule has 0 atom stereocenters. The first-order chi connectivity index (χ1) is 13.5. The molecule has 4 rings (SSSR count). The number of aromatic amines is 1. The van der Waals surface area contributed by atoms with E-state index in [4.69, 9.17) is 5.26 Å². The van der Waals surface area contributed by atoms with Crippen LogP contribution in [0, 0.1) is 23.0 Å². The molecule has 1 aliphatic heterocycles. The van der Waals surface area contributed by atoms with Crippen molar-refractivity contribution in [1.29, 1.82) is 5.26 Å². The highest BCUT2D eigenvalue weighted by Gasteiger charge is 2.23. The second kappa shape index (κ2) is 7.25. The summed E-state index contributed by atoms with van der Waals surface area (Å²) < 4.78 is 28.4. The van der Waals surface area contributed by atoms with E-state index in [0.29, 0.717) is 35.6 Å². The van der Waals surface area contributed by atoms with Crippen LogP contribution in [0.2, 0.25) is 0 Å². The number of nitrogens with one attached hydrogen (secondary N) is 1. The van der Waals surface area contributed by atoms with Gasteiger partial charge >= 0.3 is 0 Å². The van der Waals surface area contributed by atoms with Gasteiger partial charge in [0.15, 0.2) is 0 Å². The number of halogens is 2. The van der Waals surface area contributed by atoms with Gasteiger partial charge in [-0.2, -0.15) is 5.26 Å². The lowest BCUT2D eigenvalue weighted by Crippen LogP contribution is -2.35. The van der Waals surface area contributed by atoms with E-state index in [0.717, 1.165) is 12.1 Å². The van der Waals surface area contributed by atoms with Crippen LogP contribution in [-0.2, 0) is 19.5 Å². The van der Waals surface area contributed by atoms with Crippen LogP contribution in [0.15, 0.2) is 35.6 Å². The van der Waals surface area contributed by atoms with Crippen LogP contribution in [0.4, 0.5) is 8.78 Å². The molecule has 1 N–H and O–H groups in total. The molecule has 1 aromatic carbocycles. The Morgan fingerprint density at radius 3 is 2.61 bits per heavy atom. The van der Waals surface area contributed by atoms with Crippen molar-refractivity contribution in [2.24, 2.45) is 0 Å². The number of nitrogens with zero attached hydrogens (tertiary/aromatic N) is 5. The predicted molar refractivity (Wildman–Crippen MR) is 94.8 cm³/mol. The molecule has 0 radical (unpaired) electrons. The molecule has 0 bridgehead atoms. The van der Waals surface area contributed by atoms with Crippen molar-refractivity contribution in [2.45, 2.75) is 19.5 Å². The van der Waals surface area contributed by atoms with E-state index in [1.54, 1.807) is 18.5 Å². The molecular formula is C19H14F2N6O. The van der Waals surface area contributed by atoms with E-state index >= 15 is 0 Å². The summed E-state index contributed by atoms with van der Waals surface area (Å²) in [5, 5.41) is 8.81. The Bertz CT molecular complexity index is 1120. The molecule has 9 heteroatoms. The van der Waals surface area contributed by atoms with Crippen molar-refractivity contribution in [3.63, 3.8) is 0 Å². The highest BCUT2D eigenvalue weighted by Crippen LogP contribution is 2.22. The highest BCUT2D eigenvalue weighted by atomic mass is 19.1. The van der Waals surface area contributed by atoms with Crippen LogP contribution in [0.25, 0.3) is 11.4 Å². The fourth-order valence-corrected chi connectivity index (χ4v) is 3.23. The standard InChI is InChI=1S/C19H14F2N6O/c20-15-3-11(5-22)4-16(21)14(15)8-27-2-1-13-17(9-27)25-18(26-19(13)28)12-6-23-10-24-7-12/h3-4,6-7,10H,1-2,8-9H2,(H,25,26,28). The van der Waals surface area contributed by atoms with Crippen molar-refractivity contribution >= 4 is 0 Å². The SMILES string of the molecule is N#Cc1cc(F)c(CN2CCc3c(nc(-c4cncnc4)[nH]c3=O)C2)c(F)c1. The third kappa shape index (κ3) is 3.37. The summed E-state index contributed by atoms with van der Waals surface area (Å²) >= 11 is 0. The molecule has 2 aromatic heterocycles. The van der Waals surface area contributed by atoms with Crippen molar-refractivity contribution in [3.05, 3.63) is 75.2 Å². The summed E-state index contributed by atoms with van der Waals surface area (Å²) in [6, 6.07) is 3.77. The zero-order chi connectivity index (χ0) is 19.7. The van der Waals surface area contributed by atoms with E-state index in [-0.39, 0.29) is 29.8 Å². The van der Waals surface area contributed by atoms with Gasteiger partial charge in [-0.3, -0.25) is 9.69 Å². The molecular weight excluding hydrogens is 366 g/mol. The molecule has 7 nitrogen and oxygen atoms in total. The maximum Gasteiger partial charge on any atom is 0.254 e. The number of nitriles is 1. The summed E-state index contributed by atoms with van der Waals surface area (Å²) in [6.45, 7) is 0.754. The first kappa shape index (κ1) is 17.9. The van der Waals surface area contributed by atoms with Gasteiger partial charge in [-0.1, -0.05) is 0 Å². The number of hydrogen-bond donors (Lipinski definition) is 1. The van der Waals surface area contributed by atoms with E-state index < -0.39 is 11.6 Å². The van der Waals surface area contributed by atoms with E-state index in [2.05, 4.69) is 19.9 Å². The lowest BCUT2D eigenvalue weighted by molar-refractivity contribution is 0.233. The summed E-state index contributed by atoms with van der Waals surface area (Å²) in [5.74, 6) is -1.17. The van der Waals surface area contributed by atoms with Crippen molar-refractivity contribution in [2.75, 3.05) is 6.54 Å². The van der Waals surface area contributed by atoms with E-state index in [9.17, 15) is 13.6 Å². The van der Waals surface area contributed by atoms with Gasteiger partial charge in [-0.15, -0.1) is 0 Å². The van der Waals surface area contributed by atoms with Crippen LogP contribution in [0.5, 0.6) is 0 Å². The molecule has 3 heterocycles. The number of fused-ring (bicyclic) bond motifs is 1. The minimum Gasteiger partial charge on any atom is -0.306 e. The molecule has 0 amide bonds. The summed E-state index contributed by atoms with van der Waals surface area (Å²) in [6.07, 6.45) is 4.88. The summed E-state index contributed by atoms with van der Waals surface area (Å²) in [7, 11) is 0. The number of rotatable bonds is 3. The Morgan fingerprint density at radius 2 is 1.93 bits per heavy atom. The van der Waals surface area contributed by atoms with Gasteiger partial charge in [-0.25, -0.2) is 23.7 Å². The Kier molecular flexibility index (Phi) is 4.63. The highest BCUT2D eigenvalue weighted by molar-refractivity contribution is 5.52.